The molecule has 23 heavy (non-hydrogen) atoms. The van der Waals surface area contributed by atoms with Crippen molar-refractivity contribution in [2.24, 2.45) is 0 Å². The van der Waals surface area contributed by atoms with Crippen molar-refractivity contribution in [1.29, 1.82) is 0 Å². The molecule has 0 N–H and O–H groups in total. The fraction of sp³-hybridized carbons (Fsp3) is 0.0769. The minimum atomic E-state index is -0.773. The molecule has 0 radical (unpaired) electrons. The van der Waals surface area contributed by atoms with Crippen LogP contribution in [0.25, 0.3) is 10.9 Å². The van der Waals surface area contributed by atoms with Gasteiger partial charge in [-0.15, -0.1) is 5.10 Å². The van der Waals surface area contributed by atoms with Crippen LogP contribution in [-0.4, -0.2) is 25.9 Å². The average molecular weight is 332 g/mol. The number of rotatable bonds is 4. The van der Waals surface area contributed by atoms with Crippen LogP contribution in [0.1, 0.15) is 9.67 Å². The van der Waals surface area contributed by atoms with E-state index in [1.807, 2.05) is 0 Å². The Kier molecular flexibility index (Phi) is 3.81. The van der Waals surface area contributed by atoms with E-state index in [4.69, 9.17) is 4.74 Å². The highest BCUT2D eigenvalue weighted by Gasteiger charge is 2.17. The molecule has 0 spiro atoms. The zero-order valence-corrected chi connectivity index (χ0v) is 12.2. The zero-order chi connectivity index (χ0) is 16.4. The lowest BCUT2D eigenvalue weighted by Gasteiger charge is -2.05. The summed E-state index contributed by atoms with van der Waals surface area (Å²) in [6.07, 6.45) is 0. The average Bonchev–Trinajstić information content (AvgIpc) is 3.04. The summed E-state index contributed by atoms with van der Waals surface area (Å²) in [5.74, 6) is -0.773. The van der Waals surface area contributed by atoms with Gasteiger partial charge in [0.05, 0.1) is 10.3 Å². The van der Waals surface area contributed by atoms with Gasteiger partial charge in [0.25, 0.3) is 5.56 Å². The number of nitrogens with zero attached hydrogens (tertiary/aromatic N) is 4. The number of nitro groups is 1. The molecule has 116 valence electrons. The molecule has 10 heteroatoms. The summed E-state index contributed by atoms with van der Waals surface area (Å²) < 4.78 is 5.85. The number of thiophene rings is 1. The second-order valence-electron chi connectivity index (χ2n) is 4.37. The Labute approximate surface area is 131 Å². The summed E-state index contributed by atoms with van der Waals surface area (Å²) in [7, 11) is 0. The Bertz CT molecular complexity index is 964. The molecule has 0 aliphatic carbocycles. The van der Waals surface area contributed by atoms with Gasteiger partial charge in [0.1, 0.15) is 10.4 Å². The maximum atomic E-state index is 12.2. The van der Waals surface area contributed by atoms with Crippen molar-refractivity contribution < 1.29 is 14.5 Å². The number of fused-ring (bicyclic) bond motifs is 1. The van der Waals surface area contributed by atoms with Crippen LogP contribution in [0, 0.1) is 10.1 Å². The second-order valence-corrected chi connectivity index (χ2v) is 5.43. The highest BCUT2D eigenvalue weighted by Crippen LogP contribution is 2.24. The van der Waals surface area contributed by atoms with Gasteiger partial charge in [-0.25, -0.2) is 4.79 Å². The smallest absolute Gasteiger partial charge is 0.350 e. The molecule has 9 nitrogen and oxygen atoms in total. The molecule has 2 heterocycles. The maximum Gasteiger partial charge on any atom is 0.350 e. The van der Waals surface area contributed by atoms with Gasteiger partial charge in [-0.05, 0) is 18.2 Å². The first-order chi connectivity index (χ1) is 11.1. The highest BCUT2D eigenvalue weighted by molar-refractivity contribution is 7.17. The number of aromatic nitrogens is 3. The van der Waals surface area contributed by atoms with E-state index in [-0.39, 0.29) is 9.88 Å². The minimum absolute atomic E-state index is 0.0681. The van der Waals surface area contributed by atoms with Crippen molar-refractivity contribution in [2.75, 3.05) is 0 Å². The molecular weight excluding hydrogens is 324 g/mol. The van der Waals surface area contributed by atoms with E-state index < -0.39 is 23.2 Å². The summed E-state index contributed by atoms with van der Waals surface area (Å²) in [4.78, 5) is 34.0. The van der Waals surface area contributed by atoms with E-state index >= 15 is 0 Å². The Morgan fingerprint density at radius 1 is 1.30 bits per heavy atom. The molecule has 0 fully saturated rings. The van der Waals surface area contributed by atoms with Gasteiger partial charge in [0, 0.05) is 6.07 Å². The van der Waals surface area contributed by atoms with Gasteiger partial charge in [-0.1, -0.05) is 28.7 Å². The molecule has 0 aliphatic heterocycles. The van der Waals surface area contributed by atoms with Crippen molar-refractivity contribution in [3.05, 3.63) is 61.7 Å². The first kappa shape index (κ1) is 14.8. The molecule has 0 unspecified atom stereocenters. The predicted molar refractivity (Wildman–Crippen MR) is 80.2 cm³/mol. The lowest BCUT2D eigenvalue weighted by molar-refractivity contribution is -0.380. The number of ether oxygens (including phenoxy) is 1. The van der Waals surface area contributed by atoms with E-state index in [1.165, 1.54) is 12.1 Å². The topological polar surface area (TPSA) is 117 Å². The number of esters is 1. The molecule has 0 aliphatic rings. The highest BCUT2D eigenvalue weighted by atomic mass is 32.1. The normalized spacial score (nSPS) is 10.6. The Morgan fingerprint density at radius 3 is 2.83 bits per heavy atom. The first-order valence-corrected chi connectivity index (χ1v) is 7.12. The molecule has 3 aromatic rings. The van der Waals surface area contributed by atoms with E-state index in [1.54, 1.807) is 24.3 Å². The number of carbonyl (C=O) groups excluding carboxylic acids is 1. The summed E-state index contributed by atoms with van der Waals surface area (Å²) >= 11 is 0.694. The van der Waals surface area contributed by atoms with Gasteiger partial charge in [-0.3, -0.25) is 14.9 Å². The molecule has 0 saturated carbocycles. The third-order valence-electron chi connectivity index (χ3n) is 2.92. The Morgan fingerprint density at radius 2 is 2.09 bits per heavy atom. The van der Waals surface area contributed by atoms with Crippen molar-refractivity contribution in [2.45, 2.75) is 6.73 Å². The van der Waals surface area contributed by atoms with Crippen LogP contribution in [0.15, 0.2) is 41.2 Å². The largest absolute Gasteiger partial charge is 0.438 e. The van der Waals surface area contributed by atoms with Crippen molar-refractivity contribution >= 4 is 33.2 Å². The summed E-state index contributed by atoms with van der Waals surface area (Å²) in [6, 6.07) is 9.15. The van der Waals surface area contributed by atoms with Crippen molar-refractivity contribution in [3.8, 4) is 0 Å². The monoisotopic (exact) mass is 332 g/mol. The van der Waals surface area contributed by atoms with Crippen molar-refractivity contribution in [3.63, 3.8) is 0 Å². The fourth-order valence-corrected chi connectivity index (χ4v) is 2.55. The van der Waals surface area contributed by atoms with Crippen LogP contribution in [-0.2, 0) is 11.5 Å². The SMILES string of the molecule is O=C(OCn1nnc2ccccc2c1=O)c1ccc([N+](=O)[O-])s1. The number of carbonyl (C=O) groups is 1. The van der Waals surface area contributed by atoms with Crippen LogP contribution in [0.5, 0.6) is 0 Å². The van der Waals surface area contributed by atoms with Gasteiger partial charge >= 0.3 is 11.0 Å². The lowest BCUT2D eigenvalue weighted by atomic mass is 10.2. The summed E-state index contributed by atoms with van der Waals surface area (Å²) in [5.41, 5.74) is -0.00508. The Balaban J connectivity index is 1.77. The first-order valence-electron chi connectivity index (χ1n) is 6.30. The minimum Gasteiger partial charge on any atom is -0.438 e. The standard InChI is InChI=1S/C13H8N4O5S/c18-12-8-3-1-2-4-9(8)14-15-16(12)7-22-13(19)10-5-6-11(23-10)17(20)21/h1-6H,7H2. The summed E-state index contributed by atoms with van der Waals surface area (Å²) in [5, 5.41) is 18.3. The van der Waals surface area contributed by atoms with Crippen LogP contribution in [0.4, 0.5) is 5.00 Å². The van der Waals surface area contributed by atoms with Gasteiger partial charge < -0.3 is 4.74 Å². The molecule has 1 aromatic carbocycles. The number of benzene rings is 1. The van der Waals surface area contributed by atoms with E-state index in [0.29, 0.717) is 22.2 Å². The second kappa shape index (κ2) is 5.93. The van der Waals surface area contributed by atoms with Crippen LogP contribution < -0.4 is 5.56 Å². The molecule has 0 amide bonds. The molecule has 3 rings (SSSR count). The number of hydrogen-bond acceptors (Lipinski definition) is 8. The summed E-state index contributed by atoms with van der Waals surface area (Å²) in [6.45, 7) is -0.429. The van der Waals surface area contributed by atoms with Gasteiger partial charge in [-0.2, -0.15) is 4.68 Å². The molecule has 0 atom stereocenters. The van der Waals surface area contributed by atoms with Crippen LogP contribution >= 0.6 is 11.3 Å². The van der Waals surface area contributed by atoms with E-state index in [9.17, 15) is 19.7 Å². The maximum absolute atomic E-state index is 12.2. The third-order valence-corrected chi connectivity index (χ3v) is 3.94. The van der Waals surface area contributed by atoms with Crippen molar-refractivity contribution in [1.82, 2.24) is 15.0 Å². The van der Waals surface area contributed by atoms with Gasteiger partial charge in [0.2, 0.25) is 0 Å². The Hall–Kier alpha value is -3.14. The molecule has 0 bridgehead atoms. The van der Waals surface area contributed by atoms with Crippen LogP contribution in [0.2, 0.25) is 0 Å². The fourth-order valence-electron chi connectivity index (χ4n) is 1.83. The van der Waals surface area contributed by atoms with E-state index in [2.05, 4.69) is 10.3 Å². The third kappa shape index (κ3) is 2.92. The zero-order valence-electron chi connectivity index (χ0n) is 11.4. The predicted octanol–water partition coefficient (Wildman–Crippen LogP) is 1.58. The van der Waals surface area contributed by atoms with E-state index in [0.717, 1.165) is 4.68 Å². The molecular formula is C13H8N4O5S. The quantitative estimate of drug-likeness (QED) is 0.404. The van der Waals surface area contributed by atoms with Gasteiger partial charge in [0.15, 0.2) is 6.73 Å². The lowest BCUT2D eigenvalue weighted by Crippen LogP contribution is -2.26. The number of hydrogen-bond donors (Lipinski definition) is 0. The molecule has 2 aromatic heterocycles. The van der Waals surface area contributed by atoms with Crippen LogP contribution in [0.3, 0.4) is 0 Å². The molecule has 0 saturated heterocycles.